The van der Waals surface area contributed by atoms with Crippen LogP contribution in [0.2, 0.25) is 0 Å². The average molecular weight is 588 g/mol. The van der Waals surface area contributed by atoms with E-state index in [1.54, 1.807) is 0 Å². The molecule has 2 rings (SSSR count). The minimum Gasteiger partial charge on any atom is -0.790 e. The minimum atomic E-state index is -6.15. The first-order valence-electron chi connectivity index (χ1n) is 7.15. The summed E-state index contributed by atoms with van der Waals surface area (Å²) >= 11 is 0.556. The van der Waals surface area contributed by atoms with Crippen LogP contribution >= 0.6 is 35.2 Å². The molecule has 2 heterocycles. The Morgan fingerprint density at radius 1 is 0.970 bits per heavy atom. The number of phosphoric ester groups is 1. The Labute approximate surface area is 278 Å². The fraction of sp³-hybridized carbons (Fsp3) is 0.556. The second kappa shape index (κ2) is 16.5. The van der Waals surface area contributed by atoms with Crippen LogP contribution in [-0.2, 0) is 26.8 Å². The molecule has 0 aromatic carbocycles. The third kappa shape index (κ3) is 12.8. The Morgan fingerprint density at radius 2 is 1.52 bits per heavy atom. The van der Waals surface area contributed by atoms with Gasteiger partial charge in [0.05, 0.1) is 25.8 Å². The van der Waals surface area contributed by atoms with Gasteiger partial charge in [-0.25, -0.2) is 13.7 Å². The van der Waals surface area contributed by atoms with Gasteiger partial charge in [-0.15, -0.1) is 11.8 Å². The van der Waals surface area contributed by atoms with Crippen molar-refractivity contribution in [1.82, 2.24) is 9.55 Å². The number of thioether (sulfide) groups is 1. The van der Waals surface area contributed by atoms with Crippen LogP contribution in [-0.4, -0.2) is 43.8 Å². The van der Waals surface area contributed by atoms with Crippen LogP contribution in [0.3, 0.4) is 0 Å². The van der Waals surface area contributed by atoms with Crippen molar-refractivity contribution in [3.05, 3.63) is 33.1 Å². The molecule has 24 heteroatoms. The smallest absolute Gasteiger partial charge is 0.790 e. The molecule has 0 amide bonds. The molecule has 0 bridgehead atoms. The summed E-state index contributed by atoms with van der Waals surface area (Å²) in [5.74, 6) is 0. The van der Waals surface area contributed by atoms with Gasteiger partial charge in [-0.2, -0.15) is 0 Å². The van der Waals surface area contributed by atoms with Gasteiger partial charge in [0.2, 0.25) is 0 Å². The van der Waals surface area contributed by atoms with Crippen LogP contribution in [0, 0.1) is 0 Å². The number of aliphatic hydroxyl groups is 2. The minimum absolute atomic E-state index is 0. The number of phosphoric acid groups is 3. The average Bonchev–Trinajstić information content (AvgIpc) is 2.78. The Balaban J connectivity index is -0.00000225. The number of nitrogens with one attached hydrogen (secondary N) is 1. The molecule has 6 atom stereocenters. The molecule has 16 nitrogen and oxygen atoms in total. The van der Waals surface area contributed by atoms with Gasteiger partial charge in [0, 0.05) is 12.3 Å². The van der Waals surface area contributed by atoms with Crippen LogP contribution in [0.15, 0.2) is 21.9 Å². The summed E-state index contributed by atoms with van der Waals surface area (Å²) in [5, 5.41) is 17.4. The summed E-state index contributed by atoms with van der Waals surface area (Å²) < 4.78 is 44.0. The zero-order chi connectivity index (χ0) is 22.2. The summed E-state index contributed by atoms with van der Waals surface area (Å²) in [6, 6.07) is 0.959. The van der Waals surface area contributed by atoms with E-state index in [2.05, 4.69) is 18.1 Å². The number of aromatic amines is 1. The van der Waals surface area contributed by atoms with Crippen LogP contribution in [0.4, 0.5) is 0 Å². The summed E-state index contributed by atoms with van der Waals surface area (Å²) in [5.41, 5.74) is -1.76. The maximum Gasteiger partial charge on any atom is 1.00 e. The van der Waals surface area contributed by atoms with E-state index in [0.29, 0.717) is 16.3 Å². The molecule has 33 heavy (non-hydrogen) atoms. The largest absolute Gasteiger partial charge is 1.00 e. The Bertz CT molecular complexity index is 992. The first-order valence-corrected chi connectivity index (χ1v) is 12.5. The van der Waals surface area contributed by atoms with Crippen molar-refractivity contribution in [1.29, 1.82) is 0 Å². The molecule has 0 spiro atoms. The van der Waals surface area contributed by atoms with Crippen LogP contribution < -0.4 is 149 Å². The van der Waals surface area contributed by atoms with Gasteiger partial charge >= 0.3 is 124 Å². The number of aromatic nitrogens is 2. The predicted molar refractivity (Wildman–Crippen MR) is 84.7 cm³/mol. The molecule has 1 aromatic rings. The van der Waals surface area contributed by atoms with E-state index in [0.717, 1.165) is 12.3 Å². The fourth-order valence-corrected chi connectivity index (χ4v) is 6.65. The van der Waals surface area contributed by atoms with E-state index >= 15 is 0 Å². The van der Waals surface area contributed by atoms with Crippen LogP contribution in [0.1, 0.15) is 5.37 Å². The van der Waals surface area contributed by atoms with E-state index in [9.17, 15) is 53.1 Å². The molecular formula is C9H11N2Na4O14P3S. The fourth-order valence-electron chi connectivity index (χ4n) is 2.20. The Kier molecular flexibility index (Phi) is 20.4. The second-order valence-corrected chi connectivity index (χ2v) is 10.9. The Hall–Kier alpha value is 3.36. The van der Waals surface area contributed by atoms with Crippen LogP contribution in [0.25, 0.3) is 0 Å². The van der Waals surface area contributed by atoms with E-state index in [4.69, 9.17) is 0 Å². The number of hydrogen-bond donors (Lipinski definition) is 3. The third-order valence-corrected chi connectivity index (χ3v) is 8.48. The molecule has 1 saturated heterocycles. The summed E-state index contributed by atoms with van der Waals surface area (Å²) in [6.45, 7) is -1.02. The molecule has 0 radical (unpaired) electrons. The van der Waals surface area contributed by atoms with Gasteiger partial charge in [0.1, 0.15) is 11.5 Å². The second-order valence-electron chi connectivity index (χ2n) is 5.34. The maximum absolute atomic E-state index is 11.8. The van der Waals surface area contributed by atoms with Crippen molar-refractivity contribution >= 4 is 35.2 Å². The number of hydrogen-bond acceptors (Lipinski definition) is 15. The van der Waals surface area contributed by atoms with Crippen molar-refractivity contribution in [3.63, 3.8) is 0 Å². The third-order valence-electron chi connectivity index (χ3n) is 3.28. The topological polar surface area (TPSA) is 266 Å². The molecule has 3 N–H and O–H groups in total. The van der Waals surface area contributed by atoms with Crippen molar-refractivity contribution in [3.8, 4) is 0 Å². The van der Waals surface area contributed by atoms with Crippen LogP contribution in [0.5, 0.6) is 0 Å². The molecule has 0 aliphatic carbocycles. The summed E-state index contributed by atoms with van der Waals surface area (Å²) in [4.78, 5) is 68.8. The standard InChI is InChI=1S/C9H15N2O14P3S.4Na/c12-5-1-2-10-9(15)11(5)8-7(14)6(13)4(29-8)3-23-27(19,20)25-28(21,22)24-26(16,17)18;;;;/h1-2,4,6-8,13-14H,3H2,(H,10,15)(H,19,20)(H,21,22)(H2,16,17,18);;;;/q;4*+1/p-4/t4-,6-,7-,8-;;;;/m1..../s1. The molecule has 1 aliphatic rings. The number of H-pyrrole nitrogens is 1. The van der Waals surface area contributed by atoms with E-state index in [1.807, 2.05) is 0 Å². The molecule has 1 aliphatic heterocycles. The predicted octanol–water partition coefficient (Wildman–Crippen LogP) is -16.3. The number of rotatable bonds is 8. The van der Waals surface area contributed by atoms with Crippen molar-refractivity contribution in [2.45, 2.75) is 22.8 Å². The summed E-state index contributed by atoms with van der Waals surface area (Å²) in [6.07, 6.45) is -2.40. The number of aliphatic hydroxyl groups excluding tert-OH is 2. The summed E-state index contributed by atoms with van der Waals surface area (Å²) in [7, 11) is -18.1. The first-order chi connectivity index (χ1) is 13.1. The van der Waals surface area contributed by atoms with Gasteiger partial charge in [-0.3, -0.25) is 18.2 Å². The molecule has 0 saturated carbocycles. The van der Waals surface area contributed by atoms with Gasteiger partial charge < -0.3 is 43.9 Å². The molecule has 1 aromatic heterocycles. The SMILES string of the molecule is O=c1cc[nH]c(=O)n1[C@@H]1S[C@H](COP(=O)([O-])OP(=O)([O-])OP(=O)([O-])[O-])[C@@H](O)[C@H]1O.[Na+].[Na+].[Na+].[Na+]. The Morgan fingerprint density at radius 3 is 2.00 bits per heavy atom. The van der Waals surface area contributed by atoms with Gasteiger partial charge in [-0.1, -0.05) is 0 Å². The molecule has 2 unspecified atom stereocenters. The zero-order valence-corrected chi connectivity index (χ0v) is 29.2. The number of nitrogens with zero attached hydrogens (tertiary/aromatic N) is 1. The quantitative estimate of drug-likeness (QED) is 0.188. The van der Waals surface area contributed by atoms with Crippen molar-refractivity contribution < 1.29 is 175 Å². The van der Waals surface area contributed by atoms with Gasteiger partial charge in [0.25, 0.3) is 21.2 Å². The van der Waals surface area contributed by atoms with Crippen molar-refractivity contribution in [2.24, 2.45) is 0 Å². The molecule has 166 valence electrons. The molecule has 1 fully saturated rings. The zero-order valence-electron chi connectivity index (χ0n) is 17.7. The van der Waals surface area contributed by atoms with E-state index in [1.165, 1.54) is 0 Å². The monoisotopic (exact) mass is 588 g/mol. The van der Waals surface area contributed by atoms with Gasteiger partial charge in [-0.05, 0) is 0 Å². The normalized spacial score (nSPS) is 25.8. The maximum atomic E-state index is 11.8. The van der Waals surface area contributed by atoms with E-state index < -0.39 is 64.2 Å². The molecular weight excluding hydrogens is 577 g/mol. The van der Waals surface area contributed by atoms with Gasteiger partial charge in [0.15, 0.2) is 0 Å². The van der Waals surface area contributed by atoms with Crippen molar-refractivity contribution in [2.75, 3.05) is 6.61 Å². The van der Waals surface area contributed by atoms with E-state index in [-0.39, 0.29) is 118 Å². The first kappa shape index (κ1) is 40.9.